The van der Waals surface area contributed by atoms with E-state index in [0.717, 1.165) is 33.8 Å². The van der Waals surface area contributed by atoms with Crippen LogP contribution in [-0.4, -0.2) is 6.54 Å². The second-order valence-corrected chi connectivity index (χ2v) is 6.54. The zero-order valence-electron chi connectivity index (χ0n) is 11.8. The van der Waals surface area contributed by atoms with Crippen LogP contribution in [0.2, 0.25) is 5.02 Å². The highest BCUT2D eigenvalue weighted by Crippen LogP contribution is 2.42. The molecule has 0 amide bonds. The summed E-state index contributed by atoms with van der Waals surface area (Å²) >= 11 is 9.65. The third-order valence-corrected chi connectivity index (χ3v) is 4.47. The van der Waals surface area contributed by atoms with E-state index in [4.69, 9.17) is 16.3 Å². The van der Waals surface area contributed by atoms with Crippen molar-refractivity contribution in [3.63, 3.8) is 0 Å². The summed E-state index contributed by atoms with van der Waals surface area (Å²) in [6.45, 7) is 3.04. The van der Waals surface area contributed by atoms with Crippen LogP contribution < -0.4 is 10.1 Å². The molecule has 0 radical (unpaired) electrons. The van der Waals surface area contributed by atoms with Gasteiger partial charge in [-0.25, -0.2) is 0 Å². The lowest BCUT2D eigenvalue weighted by molar-refractivity contribution is 0.152. The largest absolute Gasteiger partial charge is 0.485 e. The Bertz CT molecular complexity index is 646. The van der Waals surface area contributed by atoms with Gasteiger partial charge in [0.25, 0.3) is 0 Å². The van der Waals surface area contributed by atoms with Gasteiger partial charge in [-0.2, -0.15) is 0 Å². The fourth-order valence-electron chi connectivity index (χ4n) is 2.79. The van der Waals surface area contributed by atoms with Crippen molar-refractivity contribution in [1.29, 1.82) is 0 Å². The molecule has 0 fully saturated rings. The SMILES string of the molecule is CCNC1CC(c2cccc(Br)c2)Oc2ccc(Cl)cc21. The van der Waals surface area contributed by atoms with Crippen molar-refractivity contribution < 1.29 is 4.74 Å². The number of fused-ring (bicyclic) bond motifs is 1. The molecule has 0 saturated heterocycles. The van der Waals surface area contributed by atoms with Gasteiger partial charge in [-0.1, -0.05) is 46.6 Å². The number of rotatable bonds is 3. The summed E-state index contributed by atoms with van der Waals surface area (Å²) in [6, 6.07) is 14.4. The van der Waals surface area contributed by atoms with Crippen LogP contribution in [0.5, 0.6) is 5.75 Å². The van der Waals surface area contributed by atoms with Crippen LogP contribution in [-0.2, 0) is 0 Å². The Hall–Kier alpha value is -1.03. The topological polar surface area (TPSA) is 21.3 Å². The highest BCUT2D eigenvalue weighted by molar-refractivity contribution is 9.10. The van der Waals surface area contributed by atoms with Gasteiger partial charge in [-0.15, -0.1) is 0 Å². The van der Waals surface area contributed by atoms with E-state index in [0.29, 0.717) is 0 Å². The maximum atomic E-state index is 6.19. The number of halogens is 2. The molecule has 2 aromatic rings. The molecule has 1 aliphatic heterocycles. The predicted molar refractivity (Wildman–Crippen MR) is 90.0 cm³/mol. The molecule has 2 aromatic carbocycles. The van der Waals surface area contributed by atoms with Crippen LogP contribution in [0.3, 0.4) is 0 Å². The van der Waals surface area contributed by atoms with Crippen molar-refractivity contribution in [2.45, 2.75) is 25.5 Å². The third kappa shape index (κ3) is 3.25. The predicted octanol–water partition coefficient (Wildman–Crippen LogP) is 5.28. The molecule has 4 heteroatoms. The standard InChI is InChI=1S/C17H17BrClNO/c1-2-20-15-10-17(11-4-3-5-12(18)8-11)21-16-7-6-13(19)9-14(15)16/h3-9,15,17,20H,2,10H2,1H3. The van der Waals surface area contributed by atoms with Gasteiger partial charge >= 0.3 is 0 Å². The Morgan fingerprint density at radius 3 is 2.90 bits per heavy atom. The Morgan fingerprint density at radius 1 is 1.29 bits per heavy atom. The molecule has 21 heavy (non-hydrogen) atoms. The number of benzene rings is 2. The second kappa shape index (κ2) is 6.39. The van der Waals surface area contributed by atoms with Gasteiger partial charge in [0.2, 0.25) is 0 Å². The minimum atomic E-state index is 0.0558. The molecule has 1 aliphatic rings. The molecule has 0 aliphatic carbocycles. The zero-order valence-corrected chi connectivity index (χ0v) is 14.1. The Kier molecular flexibility index (Phi) is 4.53. The van der Waals surface area contributed by atoms with E-state index < -0.39 is 0 Å². The van der Waals surface area contributed by atoms with Crippen LogP contribution in [0.1, 0.15) is 36.6 Å². The Morgan fingerprint density at radius 2 is 2.14 bits per heavy atom. The molecule has 3 rings (SSSR count). The molecule has 2 atom stereocenters. The van der Waals surface area contributed by atoms with E-state index >= 15 is 0 Å². The molecule has 2 unspecified atom stereocenters. The summed E-state index contributed by atoms with van der Waals surface area (Å²) < 4.78 is 7.26. The van der Waals surface area contributed by atoms with Crippen LogP contribution in [0.25, 0.3) is 0 Å². The first-order valence-corrected chi connectivity index (χ1v) is 8.29. The van der Waals surface area contributed by atoms with Gasteiger partial charge < -0.3 is 10.1 Å². The van der Waals surface area contributed by atoms with E-state index in [-0.39, 0.29) is 12.1 Å². The van der Waals surface area contributed by atoms with Crippen LogP contribution in [0.4, 0.5) is 0 Å². The minimum Gasteiger partial charge on any atom is -0.485 e. The fourth-order valence-corrected chi connectivity index (χ4v) is 3.39. The summed E-state index contributed by atoms with van der Waals surface area (Å²) in [5.41, 5.74) is 2.34. The lowest BCUT2D eigenvalue weighted by Gasteiger charge is -2.33. The summed E-state index contributed by atoms with van der Waals surface area (Å²) in [6.07, 6.45) is 0.956. The average molecular weight is 367 g/mol. The van der Waals surface area contributed by atoms with Crippen molar-refractivity contribution in [3.05, 3.63) is 63.1 Å². The monoisotopic (exact) mass is 365 g/mol. The maximum Gasteiger partial charge on any atom is 0.126 e. The second-order valence-electron chi connectivity index (χ2n) is 5.19. The van der Waals surface area contributed by atoms with Crippen molar-refractivity contribution in [2.24, 2.45) is 0 Å². The molecule has 2 nitrogen and oxygen atoms in total. The molecular formula is C17H17BrClNO. The van der Waals surface area contributed by atoms with E-state index in [2.05, 4.69) is 40.3 Å². The first-order valence-electron chi connectivity index (χ1n) is 7.12. The van der Waals surface area contributed by atoms with Gasteiger partial charge in [-0.3, -0.25) is 0 Å². The summed E-state index contributed by atoms with van der Waals surface area (Å²) in [7, 11) is 0. The molecule has 0 bridgehead atoms. The maximum absolute atomic E-state index is 6.19. The molecule has 1 heterocycles. The number of nitrogens with one attached hydrogen (secondary N) is 1. The first-order chi connectivity index (χ1) is 10.2. The van der Waals surface area contributed by atoms with E-state index in [9.17, 15) is 0 Å². The van der Waals surface area contributed by atoms with Crippen molar-refractivity contribution >= 4 is 27.5 Å². The highest BCUT2D eigenvalue weighted by Gasteiger charge is 2.29. The van der Waals surface area contributed by atoms with Gasteiger partial charge in [0, 0.05) is 27.5 Å². The quantitative estimate of drug-likeness (QED) is 0.798. The normalized spacial score (nSPS) is 20.7. The summed E-state index contributed by atoms with van der Waals surface area (Å²) in [4.78, 5) is 0. The Labute approximate surface area is 138 Å². The average Bonchev–Trinajstić information content (AvgIpc) is 2.48. The van der Waals surface area contributed by atoms with Crippen molar-refractivity contribution in [1.82, 2.24) is 5.32 Å². The van der Waals surface area contributed by atoms with Crippen molar-refractivity contribution in [2.75, 3.05) is 6.54 Å². The van der Waals surface area contributed by atoms with Gasteiger partial charge in [0.05, 0.1) is 0 Å². The Balaban J connectivity index is 1.95. The molecule has 0 aromatic heterocycles. The summed E-state index contributed by atoms with van der Waals surface area (Å²) in [5.74, 6) is 0.918. The van der Waals surface area contributed by atoms with Crippen LogP contribution >= 0.6 is 27.5 Å². The number of hydrogen-bond acceptors (Lipinski definition) is 2. The van der Waals surface area contributed by atoms with Crippen molar-refractivity contribution in [3.8, 4) is 5.75 Å². The van der Waals surface area contributed by atoms with Gasteiger partial charge in [0.15, 0.2) is 0 Å². The molecule has 110 valence electrons. The molecular weight excluding hydrogens is 350 g/mol. The van der Waals surface area contributed by atoms with Crippen LogP contribution in [0, 0.1) is 0 Å². The highest BCUT2D eigenvalue weighted by atomic mass is 79.9. The minimum absolute atomic E-state index is 0.0558. The molecule has 1 N–H and O–H groups in total. The van der Waals surface area contributed by atoms with Gasteiger partial charge in [0.1, 0.15) is 11.9 Å². The number of ether oxygens (including phenoxy) is 1. The van der Waals surface area contributed by atoms with Gasteiger partial charge in [-0.05, 0) is 42.4 Å². The smallest absolute Gasteiger partial charge is 0.126 e. The van der Waals surface area contributed by atoms with Crippen LogP contribution in [0.15, 0.2) is 46.9 Å². The van der Waals surface area contributed by atoms with E-state index in [1.54, 1.807) is 0 Å². The summed E-state index contributed by atoms with van der Waals surface area (Å²) in [5, 5.41) is 4.28. The molecule has 0 saturated carbocycles. The third-order valence-electron chi connectivity index (χ3n) is 3.74. The fraction of sp³-hybridized carbons (Fsp3) is 0.294. The molecule has 0 spiro atoms. The lowest BCUT2D eigenvalue weighted by atomic mass is 9.93. The lowest BCUT2D eigenvalue weighted by Crippen LogP contribution is -2.29. The number of hydrogen-bond donors (Lipinski definition) is 1. The zero-order chi connectivity index (χ0) is 14.8. The first kappa shape index (κ1) is 14.9. The van der Waals surface area contributed by atoms with E-state index in [1.807, 2.05) is 30.3 Å². The van der Waals surface area contributed by atoms with E-state index in [1.165, 1.54) is 5.56 Å².